The molecule has 2 aromatic rings. The van der Waals surface area contributed by atoms with Crippen LogP contribution in [0.5, 0.6) is 0 Å². The molecule has 0 saturated carbocycles. The van der Waals surface area contributed by atoms with Gasteiger partial charge in [-0.2, -0.15) is 5.10 Å². The Morgan fingerprint density at radius 2 is 2.00 bits per heavy atom. The largest absolute Gasteiger partial charge is 0.314 e. The van der Waals surface area contributed by atoms with E-state index in [1.165, 1.54) is 5.56 Å². The van der Waals surface area contributed by atoms with E-state index in [0.717, 1.165) is 44.2 Å². The molecule has 6 nitrogen and oxygen atoms in total. The second-order valence-electron chi connectivity index (χ2n) is 4.84. The number of aromatic nitrogens is 4. The summed E-state index contributed by atoms with van der Waals surface area (Å²) in [5.74, 6) is 0.761. The molecule has 0 unspecified atom stereocenters. The first-order valence-corrected chi connectivity index (χ1v) is 6.57. The Balaban J connectivity index is 1.70. The van der Waals surface area contributed by atoms with Crippen LogP contribution in [0.15, 0.2) is 24.8 Å². The molecule has 0 amide bonds. The van der Waals surface area contributed by atoms with Gasteiger partial charge in [-0.15, -0.1) is 0 Å². The Bertz CT molecular complexity index is 526. The lowest BCUT2D eigenvalue weighted by Crippen LogP contribution is -2.42. The molecule has 0 spiro atoms. The molecule has 0 bridgehead atoms. The maximum absolute atomic E-state index is 4.35. The Morgan fingerprint density at radius 1 is 1.16 bits per heavy atom. The predicted octanol–water partition coefficient (Wildman–Crippen LogP) is 0.376. The van der Waals surface area contributed by atoms with E-state index in [9.17, 15) is 0 Å². The molecule has 1 aliphatic heterocycles. The summed E-state index contributed by atoms with van der Waals surface area (Å²) >= 11 is 0. The third-order valence-electron chi connectivity index (χ3n) is 3.25. The third kappa shape index (κ3) is 2.97. The van der Waals surface area contributed by atoms with Gasteiger partial charge in [0.15, 0.2) is 5.82 Å². The van der Waals surface area contributed by atoms with Crippen LogP contribution in [0.2, 0.25) is 0 Å². The minimum Gasteiger partial charge on any atom is -0.314 e. The molecule has 1 fully saturated rings. The summed E-state index contributed by atoms with van der Waals surface area (Å²) in [6.45, 7) is 7.19. The van der Waals surface area contributed by atoms with E-state index in [2.05, 4.69) is 25.3 Å². The lowest BCUT2D eigenvalue weighted by atomic mass is 10.3. The van der Waals surface area contributed by atoms with Crippen molar-refractivity contribution >= 4 is 0 Å². The molecular weight excluding hydrogens is 240 g/mol. The van der Waals surface area contributed by atoms with Gasteiger partial charge < -0.3 is 5.32 Å². The summed E-state index contributed by atoms with van der Waals surface area (Å²) < 4.78 is 1.78. The molecule has 0 aliphatic carbocycles. The Labute approximate surface area is 112 Å². The summed E-state index contributed by atoms with van der Waals surface area (Å²) in [4.78, 5) is 11.0. The van der Waals surface area contributed by atoms with E-state index in [4.69, 9.17) is 0 Å². The number of hydrogen-bond donors (Lipinski definition) is 1. The first-order chi connectivity index (χ1) is 9.31. The SMILES string of the molecule is Cc1cnc(-n2cc(CN3CCNCC3)cn2)cn1. The van der Waals surface area contributed by atoms with Crippen LogP contribution < -0.4 is 5.32 Å². The number of nitrogens with zero attached hydrogens (tertiary/aromatic N) is 5. The fraction of sp³-hybridized carbons (Fsp3) is 0.462. The number of rotatable bonds is 3. The van der Waals surface area contributed by atoms with E-state index in [-0.39, 0.29) is 0 Å². The van der Waals surface area contributed by atoms with Gasteiger partial charge in [0.05, 0.1) is 24.3 Å². The van der Waals surface area contributed by atoms with Crippen molar-refractivity contribution in [2.24, 2.45) is 0 Å². The molecule has 19 heavy (non-hydrogen) atoms. The zero-order valence-corrected chi connectivity index (χ0v) is 11.1. The molecule has 0 aromatic carbocycles. The number of hydrogen-bond acceptors (Lipinski definition) is 5. The summed E-state index contributed by atoms with van der Waals surface area (Å²) in [6.07, 6.45) is 7.44. The van der Waals surface area contributed by atoms with Crippen molar-refractivity contribution in [2.75, 3.05) is 26.2 Å². The molecule has 100 valence electrons. The smallest absolute Gasteiger partial charge is 0.171 e. The van der Waals surface area contributed by atoms with Crippen molar-refractivity contribution in [3.63, 3.8) is 0 Å². The van der Waals surface area contributed by atoms with Crippen LogP contribution in [0, 0.1) is 6.92 Å². The second kappa shape index (κ2) is 5.46. The minimum absolute atomic E-state index is 0.761. The molecule has 2 aromatic heterocycles. The van der Waals surface area contributed by atoms with Gasteiger partial charge >= 0.3 is 0 Å². The molecule has 6 heteroatoms. The summed E-state index contributed by atoms with van der Waals surface area (Å²) in [5, 5.41) is 7.71. The first-order valence-electron chi connectivity index (χ1n) is 6.57. The van der Waals surface area contributed by atoms with Crippen LogP contribution in [-0.2, 0) is 6.54 Å². The van der Waals surface area contributed by atoms with Crippen LogP contribution in [0.3, 0.4) is 0 Å². The van der Waals surface area contributed by atoms with Crippen LogP contribution >= 0.6 is 0 Å². The standard InChI is InChI=1S/C13H18N6/c1-11-6-16-13(8-15-11)19-10-12(7-17-19)9-18-4-2-14-3-5-18/h6-8,10,14H,2-5,9H2,1H3. The number of aryl methyl sites for hydroxylation is 1. The zero-order valence-electron chi connectivity index (χ0n) is 11.1. The van der Waals surface area contributed by atoms with Crippen LogP contribution in [0.1, 0.15) is 11.3 Å². The van der Waals surface area contributed by atoms with Gasteiger partial charge in [-0.05, 0) is 6.92 Å². The van der Waals surface area contributed by atoms with Gasteiger partial charge in [-0.1, -0.05) is 0 Å². The molecule has 0 radical (unpaired) electrons. The van der Waals surface area contributed by atoms with Gasteiger partial charge in [0.1, 0.15) is 0 Å². The van der Waals surface area contributed by atoms with Gasteiger partial charge in [0.2, 0.25) is 0 Å². The molecule has 3 heterocycles. The van der Waals surface area contributed by atoms with E-state index < -0.39 is 0 Å². The van der Waals surface area contributed by atoms with Crippen molar-refractivity contribution in [3.05, 3.63) is 36.0 Å². The predicted molar refractivity (Wildman–Crippen MR) is 72.0 cm³/mol. The molecular formula is C13H18N6. The van der Waals surface area contributed by atoms with Gasteiger partial charge in [0, 0.05) is 44.5 Å². The van der Waals surface area contributed by atoms with E-state index in [1.54, 1.807) is 17.1 Å². The highest BCUT2D eigenvalue weighted by Crippen LogP contribution is 2.08. The third-order valence-corrected chi connectivity index (χ3v) is 3.25. The van der Waals surface area contributed by atoms with Crippen LogP contribution in [0.4, 0.5) is 0 Å². The normalized spacial score (nSPS) is 16.7. The average molecular weight is 258 g/mol. The summed E-state index contributed by atoms with van der Waals surface area (Å²) in [7, 11) is 0. The van der Waals surface area contributed by atoms with Gasteiger partial charge in [-0.3, -0.25) is 9.88 Å². The number of piperazine rings is 1. The topological polar surface area (TPSA) is 58.9 Å². The van der Waals surface area contributed by atoms with E-state index >= 15 is 0 Å². The van der Waals surface area contributed by atoms with Crippen molar-refractivity contribution in [2.45, 2.75) is 13.5 Å². The molecule has 0 atom stereocenters. The first kappa shape index (κ1) is 12.3. The monoisotopic (exact) mass is 258 g/mol. The molecule has 1 saturated heterocycles. The van der Waals surface area contributed by atoms with Crippen molar-refractivity contribution < 1.29 is 0 Å². The molecule has 3 rings (SSSR count). The van der Waals surface area contributed by atoms with E-state index in [1.807, 2.05) is 19.3 Å². The Hall–Kier alpha value is -1.79. The highest BCUT2D eigenvalue weighted by atomic mass is 15.3. The summed E-state index contributed by atoms with van der Waals surface area (Å²) in [6, 6.07) is 0. The Kier molecular flexibility index (Phi) is 3.52. The Morgan fingerprint density at radius 3 is 2.74 bits per heavy atom. The van der Waals surface area contributed by atoms with Gasteiger partial charge in [0.25, 0.3) is 0 Å². The van der Waals surface area contributed by atoms with Crippen molar-refractivity contribution in [3.8, 4) is 5.82 Å². The molecule has 1 aliphatic rings. The molecule has 1 N–H and O–H groups in total. The minimum atomic E-state index is 0.761. The fourth-order valence-corrected chi connectivity index (χ4v) is 2.20. The van der Waals surface area contributed by atoms with E-state index in [0.29, 0.717) is 0 Å². The highest BCUT2D eigenvalue weighted by Gasteiger charge is 2.11. The lowest BCUT2D eigenvalue weighted by molar-refractivity contribution is 0.233. The zero-order chi connectivity index (χ0) is 13.1. The second-order valence-corrected chi connectivity index (χ2v) is 4.84. The van der Waals surface area contributed by atoms with Crippen LogP contribution in [-0.4, -0.2) is 50.8 Å². The summed E-state index contributed by atoms with van der Waals surface area (Å²) in [5.41, 5.74) is 2.13. The van der Waals surface area contributed by atoms with Gasteiger partial charge in [-0.25, -0.2) is 9.67 Å². The van der Waals surface area contributed by atoms with Crippen molar-refractivity contribution in [1.82, 2.24) is 30.0 Å². The lowest BCUT2D eigenvalue weighted by Gasteiger charge is -2.26. The highest BCUT2D eigenvalue weighted by molar-refractivity contribution is 5.19. The quantitative estimate of drug-likeness (QED) is 0.862. The average Bonchev–Trinajstić information content (AvgIpc) is 2.89. The maximum Gasteiger partial charge on any atom is 0.171 e. The van der Waals surface area contributed by atoms with Crippen molar-refractivity contribution in [1.29, 1.82) is 0 Å². The fourth-order valence-electron chi connectivity index (χ4n) is 2.20. The van der Waals surface area contributed by atoms with Crippen LogP contribution in [0.25, 0.3) is 5.82 Å². The maximum atomic E-state index is 4.35. The number of nitrogens with one attached hydrogen (secondary N) is 1.